The number of pyridine rings is 3. The van der Waals surface area contributed by atoms with Crippen molar-refractivity contribution in [3.63, 3.8) is 0 Å². The first-order chi connectivity index (χ1) is 20.4. The van der Waals surface area contributed by atoms with Gasteiger partial charge in [-0.3, -0.25) is 9.38 Å². The van der Waals surface area contributed by atoms with E-state index in [1.165, 1.54) is 55.1 Å². The van der Waals surface area contributed by atoms with E-state index >= 15 is 0 Å². The number of hydrogen-bond acceptors (Lipinski definition) is 3. The van der Waals surface area contributed by atoms with Crippen LogP contribution in [0.3, 0.4) is 0 Å². The molecule has 0 spiro atoms. The summed E-state index contributed by atoms with van der Waals surface area (Å²) in [7, 11) is 0. The van der Waals surface area contributed by atoms with Crippen LogP contribution in [0.2, 0.25) is 0 Å². The Morgan fingerprint density at radius 3 is 2.32 bits per heavy atom. The highest BCUT2D eigenvalue weighted by molar-refractivity contribution is 6.21. The van der Waals surface area contributed by atoms with E-state index in [9.17, 15) is 0 Å². The van der Waals surface area contributed by atoms with Gasteiger partial charge in [0.05, 0.1) is 27.6 Å². The Kier molecular flexibility index (Phi) is 3.92. The molecule has 0 aliphatic heterocycles. The third kappa shape index (κ3) is 2.63. The first kappa shape index (κ1) is 21.3. The molecule has 0 atom stereocenters. The Balaban J connectivity index is 1.38. The molecule has 0 bridgehead atoms. The van der Waals surface area contributed by atoms with Gasteiger partial charge in [-0.2, -0.15) is 0 Å². The van der Waals surface area contributed by atoms with Crippen molar-refractivity contribution in [3.8, 4) is 16.8 Å². The van der Waals surface area contributed by atoms with Crippen LogP contribution in [0.15, 0.2) is 116 Å². The van der Waals surface area contributed by atoms with Gasteiger partial charge >= 0.3 is 0 Å². The molecular formula is C36H21N5. The van der Waals surface area contributed by atoms with Gasteiger partial charge in [-0.1, -0.05) is 54.6 Å². The molecule has 0 radical (unpaired) electrons. The number of nitrogens with zero attached hydrogens (tertiary/aromatic N) is 5. The molecule has 5 aromatic heterocycles. The van der Waals surface area contributed by atoms with Gasteiger partial charge in [0.25, 0.3) is 0 Å². The van der Waals surface area contributed by atoms with Crippen molar-refractivity contribution in [2.75, 3.05) is 0 Å². The SMILES string of the molecule is c1ccc(-n2c3ccccc3c3c4c(ccc32)Cc2c-4ccc3c4ncccc4n4c5cccnc5nc4c23)cc1. The number of hydrogen-bond donors (Lipinski definition) is 0. The first-order valence-electron chi connectivity index (χ1n) is 13.9. The van der Waals surface area contributed by atoms with Crippen LogP contribution in [0.4, 0.5) is 0 Å². The summed E-state index contributed by atoms with van der Waals surface area (Å²) in [5.41, 5.74) is 13.6. The fourth-order valence-electron chi connectivity index (χ4n) is 7.23. The minimum absolute atomic E-state index is 0.756. The van der Waals surface area contributed by atoms with Gasteiger partial charge < -0.3 is 4.57 Å². The number of para-hydroxylation sites is 2. The monoisotopic (exact) mass is 523 g/mol. The molecule has 0 fully saturated rings. The van der Waals surface area contributed by atoms with Crippen LogP contribution in [0.1, 0.15) is 11.1 Å². The normalized spacial score (nSPS) is 12.8. The first-order valence-corrected chi connectivity index (χ1v) is 13.9. The van der Waals surface area contributed by atoms with Gasteiger partial charge in [0, 0.05) is 39.6 Å². The minimum atomic E-state index is 0.756. The zero-order chi connectivity index (χ0) is 26.7. The summed E-state index contributed by atoms with van der Waals surface area (Å²) in [6, 6.07) is 36.8. The van der Waals surface area contributed by atoms with E-state index in [1.54, 1.807) is 0 Å². The van der Waals surface area contributed by atoms with Gasteiger partial charge in [-0.15, -0.1) is 0 Å². The minimum Gasteiger partial charge on any atom is -0.309 e. The van der Waals surface area contributed by atoms with E-state index in [0.29, 0.717) is 0 Å². The molecule has 190 valence electrons. The van der Waals surface area contributed by atoms with E-state index in [-0.39, 0.29) is 0 Å². The van der Waals surface area contributed by atoms with Crippen molar-refractivity contribution in [2.45, 2.75) is 6.42 Å². The maximum Gasteiger partial charge on any atom is 0.178 e. The second-order valence-corrected chi connectivity index (χ2v) is 10.9. The third-order valence-corrected chi connectivity index (χ3v) is 8.83. The standard InChI is InChI=1S/C36H21N5/c1-2-8-22(9-3-1)40-27-11-5-4-10-24(27)33-28(40)17-14-21-20-26-23(31(21)33)15-16-25-32(26)36-39-35-30(13-7-19-38-35)41(36)29-12-6-18-37-34(25)29/h1-19H,20H2. The molecule has 5 heteroatoms. The van der Waals surface area contributed by atoms with Gasteiger partial charge in [-0.25, -0.2) is 9.97 Å². The molecule has 4 aromatic carbocycles. The lowest BCUT2D eigenvalue weighted by molar-refractivity contribution is 1.18. The van der Waals surface area contributed by atoms with Crippen LogP contribution in [-0.2, 0) is 6.42 Å². The third-order valence-electron chi connectivity index (χ3n) is 8.83. The number of benzene rings is 4. The second kappa shape index (κ2) is 7.55. The highest BCUT2D eigenvalue weighted by atomic mass is 15.1. The van der Waals surface area contributed by atoms with E-state index in [2.05, 4.69) is 105 Å². The molecule has 0 N–H and O–H groups in total. The molecule has 1 aliphatic rings. The van der Waals surface area contributed by atoms with Crippen LogP contribution >= 0.6 is 0 Å². The maximum absolute atomic E-state index is 5.11. The summed E-state index contributed by atoms with van der Waals surface area (Å²) >= 11 is 0. The summed E-state index contributed by atoms with van der Waals surface area (Å²) in [5.74, 6) is 0. The van der Waals surface area contributed by atoms with Crippen LogP contribution in [0.5, 0.6) is 0 Å². The number of imidazole rings is 1. The van der Waals surface area contributed by atoms with E-state index in [0.717, 1.165) is 39.7 Å². The Hall–Kier alpha value is -5.55. The number of aromatic nitrogens is 5. The Bertz CT molecular complexity index is 2550. The van der Waals surface area contributed by atoms with E-state index in [1.807, 2.05) is 24.5 Å². The summed E-state index contributed by atoms with van der Waals surface area (Å²) < 4.78 is 4.64. The van der Waals surface area contributed by atoms with Crippen LogP contribution in [0, 0.1) is 0 Å². The van der Waals surface area contributed by atoms with Gasteiger partial charge in [-0.05, 0) is 77.2 Å². The predicted octanol–water partition coefficient (Wildman–Crippen LogP) is 8.25. The van der Waals surface area contributed by atoms with Gasteiger partial charge in [0.1, 0.15) is 5.65 Å². The molecule has 9 aromatic rings. The average Bonchev–Trinajstić information content (AvgIpc) is 3.71. The molecule has 0 saturated carbocycles. The molecule has 5 nitrogen and oxygen atoms in total. The summed E-state index contributed by atoms with van der Waals surface area (Å²) in [5, 5.41) is 4.89. The highest BCUT2D eigenvalue weighted by Gasteiger charge is 2.28. The van der Waals surface area contributed by atoms with Crippen molar-refractivity contribution < 1.29 is 0 Å². The van der Waals surface area contributed by atoms with E-state index in [4.69, 9.17) is 9.97 Å². The lowest BCUT2D eigenvalue weighted by Gasteiger charge is -2.12. The average molecular weight is 524 g/mol. The Morgan fingerprint density at radius 1 is 0.585 bits per heavy atom. The molecule has 1 aliphatic carbocycles. The topological polar surface area (TPSA) is 48.0 Å². The molecular weight excluding hydrogens is 502 g/mol. The van der Waals surface area contributed by atoms with Crippen molar-refractivity contribution >= 4 is 60.4 Å². The largest absolute Gasteiger partial charge is 0.309 e. The van der Waals surface area contributed by atoms with Crippen molar-refractivity contribution in [1.82, 2.24) is 23.9 Å². The Morgan fingerprint density at radius 2 is 1.39 bits per heavy atom. The summed E-state index contributed by atoms with van der Waals surface area (Å²) in [6.07, 6.45) is 4.55. The Labute approximate surface area is 234 Å². The van der Waals surface area contributed by atoms with Crippen LogP contribution in [0.25, 0.3) is 77.2 Å². The lowest BCUT2D eigenvalue weighted by atomic mass is 9.96. The van der Waals surface area contributed by atoms with Crippen molar-refractivity contribution in [1.29, 1.82) is 0 Å². The van der Waals surface area contributed by atoms with Crippen LogP contribution in [-0.4, -0.2) is 23.9 Å². The zero-order valence-corrected chi connectivity index (χ0v) is 21.9. The smallest absolute Gasteiger partial charge is 0.178 e. The molecule has 0 saturated heterocycles. The molecule has 0 unspecified atom stereocenters. The summed E-state index contributed by atoms with van der Waals surface area (Å²) in [6.45, 7) is 0. The molecule has 5 heterocycles. The van der Waals surface area contributed by atoms with Crippen LogP contribution < -0.4 is 0 Å². The number of fused-ring (bicyclic) bond motifs is 16. The van der Waals surface area contributed by atoms with Crippen molar-refractivity contribution in [2.24, 2.45) is 0 Å². The van der Waals surface area contributed by atoms with Crippen molar-refractivity contribution in [3.05, 3.63) is 127 Å². The van der Waals surface area contributed by atoms with E-state index < -0.39 is 0 Å². The van der Waals surface area contributed by atoms with Gasteiger partial charge in [0.2, 0.25) is 0 Å². The maximum atomic E-state index is 5.11. The number of rotatable bonds is 1. The quantitative estimate of drug-likeness (QED) is 0.204. The zero-order valence-electron chi connectivity index (χ0n) is 21.9. The fourth-order valence-corrected chi connectivity index (χ4v) is 7.23. The lowest BCUT2D eigenvalue weighted by Crippen LogP contribution is -1.96. The summed E-state index contributed by atoms with van der Waals surface area (Å²) in [4.78, 5) is 14.6. The predicted molar refractivity (Wildman–Crippen MR) is 166 cm³/mol. The molecule has 41 heavy (non-hydrogen) atoms. The fraction of sp³-hybridized carbons (Fsp3) is 0.0278. The van der Waals surface area contributed by atoms with Gasteiger partial charge in [0.15, 0.2) is 5.65 Å². The highest BCUT2D eigenvalue weighted by Crippen LogP contribution is 2.49. The molecule has 10 rings (SSSR count). The molecule has 0 amide bonds. The second-order valence-electron chi connectivity index (χ2n) is 10.9.